The molecule has 0 saturated heterocycles. The van der Waals surface area contributed by atoms with Gasteiger partial charge in [0.05, 0.1) is 12.0 Å². The van der Waals surface area contributed by atoms with Crippen molar-refractivity contribution in [1.29, 1.82) is 0 Å². The Morgan fingerprint density at radius 2 is 2.19 bits per heavy atom. The summed E-state index contributed by atoms with van der Waals surface area (Å²) in [6, 6.07) is 2.07. The summed E-state index contributed by atoms with van der Waals surface area (Å²) in [6.45, 7) is 5.43. The van der Waals surface area contributed by atoms with Gasteiger partial charge in [-0.05, 0) is 36.6 Å². The van der Waals surface area contributed by atoms with Crippen molar-refractivity contribution in [1.82, 2.24) is 9.97 Å². The molecule has 114 valence electrons. The molecular formula is C15H22N4OS. The summed E-state index contributed by atoms with van der Waals surface area (Å²) in [6.07, 6.45) is 3.73. The fourth-order valence-corrected chi connectivity index (χ4v) is 2.85. The minimum atomic E-state index is 0.702. The molecule has 6 heteroatoms. The van der Waals surface area contributed by atoms with Crippen LogP contribution >= 0.6 is 11.3 Å². The first kappa shape index (κ1) is 14.5. The highest BCUT2D eigenvalue weighted by molar-refractivity contribution is 7.16. The maximum atomic E-state index is 5.65. The zero-order valence-electron chi connectivity index (χ0n) is 12.4. The highest BCUT2D eigenvalue weighted by atomic mass is 32.1. The lowest BCUT2D eigenvalue weighted by Crippen LogP contribution is -2.13. The van der Waals surface area contributed by atoms with E-state index in [1.165, 1.54) is 12.8 Å². The molecule has 2 N–H and O–H groups in total. The number of nitrogens with one attached hydrogen (secondary N) is 2. The van der Waals surface area contributed by atoms with Crippen LogP contribution in [0, 0.1) is 5.92 Å². The number of nitrogens with zero attached hydrogens (tertiary/aromatic N) is 2. The van der Waals surface area contributed by atoms with Gasteiger partial charge in [0.25, 0.3) is 0 Å². The lowest BCUT2D eigenvalue weighted by atomic mass is 10.4. The highest BCUT2D eigenvalue weighted by Gasteiger charge is 2.20. The van der Waals surface area contributed by atoms with E-state index in [0.717, 1.165) is 54.7 Å². The number of fused-ring (bicyclic) bond motifs is 1. The Labute approximate surface area is 129 Å². The summed E-state index contributed by atoms with van der Waals surface area (Å²) in [5.74, 6) is 2.42. The van der Waals surface area contributed by atoms with Crippen LogP contribution in [-0.2, 0) is 4.74 Å². The SMILES string of the molecule is CCCNc1nc(NCCOCC2CC2)c2ccsc2n1. The molecule has 0 spiro atoms. The van der Waals surface area contributed by atoms with Gasteiger partial charge in [0.1, 0.15) is 10.6 Å². The van der Waals surface area contributed by atoms with Crippen molar-refractivity contribution in [3.8, 4) is 0 Å². The Morgan fingerprint density at radius 1 is 1.29 bits per heavy atom. The van der Waals surface area contributed by atoms with Crippen LogP contribution in [-0.4, -0.2) is 36.3 Å². The van der Waals surface area contributed by atoms with E-state index in [0.29, 0.717) is 5.95 Å². The second-order valence-corrected chi connectivity index (χ2v) is 6.30. The van der Waals surface area contributed by atoms with Crippen molar-refractivity contribution in [3.63, 3.8) is 0 Å². The lowest BCUT2D eigenvalue weighted by molar-refractivity contribution is 0.134. The number of aromatic nitrogens is 2. The molecule has 0 bridgehead atoms. The third-order valence-electron chi connectivity index (χ3n) is 3.45. The van der Waals surface area contributed by atoms with Crippen LogP contribution in [0.1, 0.15) is 26.2 Å². The lowest BCUT2D eigenvalue weighted by Gasteiger charge is -2.10. The van der Waals surface area contributed by atoms with Gasteiger partial charge in [0.2, 0.25) is 5.95 Å². The van der Waals surface area contributed by atoms with Crippen molar-refractivity contribution in [3.05, 3.63) is 11.4 Å². The minimum Gasteiger partial charge on any atom is -0.379 e. The summed E-state index contributed by atoms with van der Waals surface area (Å²) < 4.78 is 5.65. The average Bonchev–Trinajstić information content (AvgIpc) is 3.19. The fraction of sp³-hybridized carbons (Fsp3) is 0.600. The Hall–Kier alpha value is -1.40. The number of ether oxygens (including phenoxy) is 1. The summed E-state index contributed by atoms with van der Waals surface area (Å²) in [4.78, 5) is 10.1. The molecule has 0 atom stereocenters. The van der Waals surface area contributed by atoms with Crippen LogP contribution in [0.5, 0.6) is 0 Å². The van der Waals surface area contributed by atoms with E-state index in [-0.39, 0.29) is 0 Å². The first-order chi connectivity index (χ1) is 10.4. The van der Waals surface area contributed by atoms with Gasteiger partial charge < -0.3 is 15.4 Å². The molecule has 1 aliphatic carbocycles. The molecule has 0 unspecified atom stereocenters. The van der Waals surface area contributed by atoms with Gasteiger partial charge in [0.15, 0.2) is 0 Å². The maximum absolute atomic E-state index is 5.65. The van der Waals surface area contributed by atoms with Gasteiger partial charge in [-0.15, -0.1) is 11.3 Å². The van der Waals surface area contributed by atoms with E-state index in [1.54, 1.807) is 11.3 Å². The Kier molecular flexibility index (Phi) is 4.87. The van der Waals surface area contributed by atoms with Crippen LogP contribution in [0.3, 0.4) is 0 Å². The third-order valence-corrected chi connectivity index (χ3v) is 4.25. The highest BCUT2D eigenvalue weighted by Crippen LogP contribution is 2.29. The van der Waals surface area contributed by atoms with E-state index in [1.807, 2.05) is 0 Å². The number of hydrogen-bond acceptors (Lipinski definition) is 6. The average molecular weight is 306 g/mol. The Bertz CT molecular complexity index is 582. The number of thiophene rings is 1. The van der Waals surface area contributed by atoms with Gasteiger partial charge in [-0.2, -0.15) is 4.98 Å². The zero-order valence-corrected chi connectivity index (χ0v) is 13.2. The second kappa shape index (κ2) is 7.04. The molecule has 2 heterocycles. The minimum absolute atomic E-state index is 0.702. The molecule has 1 saturated carbocycles. The first-order valence-corrected chi connectivity index (χ1v) is 8.55. The maximum Gasteiger partial charge on any atom is 0.226 e. The summed E-state index contributed by atoms with van der Waals surface area (Å²) in [5, 5.41) is 9.77. The van der Waals surface area contributed by atoms with Crippen LogP contribution in [0.25, 0.3) is 10.2 Å². The molecular weight excluding hydrogens is 284 g/mol. The predicted molar refractivity (Wildman–Crippen MR) is 88.2 cm³/mol. The van der Waals surface area contributed by atoms with E-state index in [4.69, 9.17) is 4.74 Å². The molecule has 0 amide bonds. The summed E-state index contributed by atoms with van der Waals surface area (Å²) in [5.41, 5.74) is 0. The topological polar surface area (TPSA) is 59.1 Å². The number of anilines is 2. The molecule has 0 aromatic carbocycles. The summed E-state index contributed by atoms with van der Waals surface area (Å²) >= 11 is 1.64. The molecule has 21 heavy (non-hydrogen) atoms. The van der Waals surface area contributed by atoms with Gasteiger partial charge >= 0.3 is 0 Å². The molecule has 0 aliphatic heterocycles. The van der Waals surface area contributed by atoms with Crippen molar-refractivity contribution < 1.29 is 4.74 Å². The van der Waals surface area contributed by atoms with Crippen molar-refractivity contribution >= 4 is 33.3 Å². The van der Waals surface area contributed by atoms with Gasteiger partial charge in [-0.1, -0.05) is 6.92 Å². The van der Waals surface area contributed by atoms with E-state index < -0.39 is 0 Å². The quantitative estimate of drug-likeness (QED) is 0.696. The third kappa shape index (κ3) is 4.04. The predicted octanol–water partition coefficient (Wildman–Crippen LogP) is 3.35. The van der Waals surface area contributed by atoms with Crippen molar-refractivity contribution in [2.45, 2.75) is 26.2 Å². The van der Waals surface area contributed by atoms with Crippen LogP contribution < -0.4 is 10.6 Å². The summed E-state index contributed by atoms with van der Waals surface area (Å²) in [7, 11) is 0. The molecule has 0 radical (unpaired) electrons. The first-order valence-electron chi connectivity index (χ1n) is 7.67. The van der Waals surface area contributed by atoms with Crippen LogP contribution in [0.2, 0.25) is 0 Å². The van der Waals surface area contributed by atoms with Crippen LogP contribution in [0.15, 0.2) is 11.4 Å². The molecule has 1 aliphatic rings. The van der Waals surface area contributed by atoms with Gasteiger partial charge in [0, 0.05) is 19.7 Å². The monoisotopic (exact) mass is 306 g/mol. The van der Waals surface area contributed by atoms with E-state index >= 15 is 0 Å². The van der Waals surface area contributed by atoms with E-state index in [2.05, 4.69) is 39.0 Å². The number of rotatable bonds is 9. The molecule has 3 rings (SSSR count). The fourth-order valence-electron chi connectivity index (χ4n) is 2.08. The van der Waals surface area contributed by atoms with Gasteiger partial charge in [-0.3, -0.25) is 0 Å². The largest absolute Gasteiger partial charge is 0.379 e. The van der Waals surface area contributed by atoms with Crippen molar-refractivity contribution in [2.24, 2.45) is 5.92 Å². The molecule has 2 aromatic rings. The normalized spacial score (nSPS) is 14.5. The molecule has 2 aromatic heterocycles. The Balaban J connectivity index is 1.59. The van der Waals surface area contributed by atoms with Crippen LogP contribution in [0.4, 0.5) is 11.8 Å². The second-order valence-electron chi connectivity index (χ2n) is 5.41. The van der Waals surface area contributed by atoms with Gasteiger partial charge in [-0.25, -0.2) is 4.98 Å². The number of hydrogen-bond donors (Lipinski definition) is 2. The Morgan fingerprint density at radius 3 is 3.00 bits per heavy atom. The smallest absolute Gasteiger partial charge is 0.226 e. The zero-order chi connectivity index (χ0) is 14.5. The van der Waals surface area contributed by atoms with Crippen molar-refractivity contribution in [2.75, 3.05) is 36.9 Å². The molecule has 1 fully saturated rings. The molecule has 5 nitrogen and oxygen atoms in total. The van der Waals surface area contributed by atoms with E-state index in [9.17, 15) is 0 Å². The standard InChI is InChI=1S/C15H22N4OS/c1-2-6-17-15-18-13(12-5-9-21-14(12)19-15)16-7-8-20-10-11-3-4-11/h5,9,11H,2-4,6-8,10H2,1H3,(H2,16,17,18,19).